The Morgan fingerprint density at radius 3 is 3.04 bits per heavy atom. The zero-order chi connectivity index (χ0) is 15.9. The lowest BCUT2D eigenvalue weighted by molar-refractivity contribution is -0.138. The van der Waals surface area contributed by atoms with Crippen LogP contribution in [0.1, 0.15) is 11.3 Å². The predicted molar refractivity (Wildman–Crippen MR) is 90.3 cm³/mol. The molecule has 0 bridgehead atoms. The summed E-state index contributed by atoms with van der Waals surface area (Å²) in [5.41, 5.74) is 4.09. The second-order valence-corrected chi connectivity index (χ2v) is 6.32. The number of thiazole rings is 1. The first-order valence-corrected chi connectivity index (χ1v) is 8.78. The molecule has 122 valence electrons. The second-order valence-electron chi connectivity index (χ2n) is 5.60. The van der Waals surface area contributed by atoms with E-state index in [0.717, 1.165) is 25.2 Å². The molecule has 3 rings (SSSR count). The lowest BCUT2D eigenvalue weighted by Crippen LogP contribution is -2.49. The van der Waals surface area contributed by atoms with Gasteiger partial charge >= 0.3 is 0 Å². The molecule has 1 aliphatic heterocycles. The Bertz CT molecular complexity index is 604. The van der Waals surface area contributed by atoms with Crippen LogP contribution in [-0.2, 0) is 22.5 Å². The van der Waals surface area contributed by atoms with Crippen molar-refractivity contribution in [2.45, 2.75) is 19.1 Å². The molecule has 0 saturated carbocycles. The number of aromatic nitrogens is 1. The van der Waals surface area contributed by atoms with Crippen LogP contribution in [0.25, 0.3) is 0 Å². The van der Waals surface area contributed by atoms with Gasteiger partial charge in [-0.05, 0) is 5.56 Å². The van der Waals surface area contributed by atoms with Gasteiger partial charge in [0.05, 0.1) is 17.8 Å². The van der Waals surface area contributed by atoms with E-state index >= 15 is 0 Å². The summed E-state index contributed by atoms with van der Waals surface area (Å²) in [4.78, 5) is 18.7. The fourth-order valence-electron chi connectivity index (χ4n) is 2.63. The number of rotatable bonds is 6. The summed E-state index contributed by atoms with van der Waals surface area (Å²) in [6.07, 6.45) is 0.373. The molecule has 1 unspecified atom stereocenters. The summed E-state index contributed by atoms with van der Waals surface area (Å²) < 4.78 is 5.63. The molecule has 1 aliphatic rings. The highest BCUT2D eigenvalue weighted by atomic mass is 32.1. The summed E-state index contributed by atoms with van der Waals surface area (Å²) >= 11 is 1.57. The highest BCUT2D eigenvalue weighted by Gasteiger charge is 2.26. The van der Waals surface area contributed by atoms with Crippen molar-refractivity contribution in [2.75, 3.05) is 26.2 Å². The standard InChI is InChI=1S/C17H21N3O2S/c21-17(18-7-6-15-12-23-13-19-15)16-11-20(8-9-22-16)10-14-4-2-1-3-5-14/h1-5,12-13,16H,6-11H2,(H,18,21). The van der Waals surface area contributed by atoms with Crippen molar-refractivity contribution in [3.63, 3.8) is 0 Å². The first kappa shape index (κ1) is 16.1. The molecule has 1 aromatic heterocycles. The van der Waals surface area contributed by atoms with Crippen molar-refractivity contribution in [2.24, 2.45) is 0 Å². The lowest BCUT2D eigenvalue weighted by atomic mass is 10.2. The molecule has 0 spiro atoms. The molecular weight excluding hydrogens is 310 g/mol. The first-order valence-electron chi connectivity index (χ1n) is 7.84. The number of ether oxygens (including phenoxy) is 1. The molecule has 2 aromatic rings. The van der Waals surface area contributed by atoms with E-state index in [1.54, 1.807) is 11.3 Å². The van der Waals surface area contributed by atoms with Crippen LogP contribution in [-0.4, -0.2) is 48.1 Å². The Labute approximate surface area is 140 Å². The molecule has 1 N–H and O–H groups in total. The third-order valence-electron chi connectivity index (χ3n) is 3.86. The van der Waals surface area contributed by atoms with Crippen molar-refractivity contribution in [3.8, 4) is 0 Å². The topological polar surface area (TPSA) is 54.5 Å². The van der Waals surface area contributed by atoms with Gasteiger partial charge in [-0.3, -0.25) is 9.69 Å². The van der Waals surface area contributed by atoms with Crippen LogP contribution in [0.3, 0.4) is 0 Å². The number of amides is 1. The van der Waals surface area contributed by atoms with Crippen LogP contribution >= 0.6 is 11.3 Å². The second kappa shape index (κ2) is 8.19. The maximum Gasteiger partial charge on any atom is 0.250 e. The monoisotopic (exact) mass is 331 g/mol. The first-order chi connectivity index (χ1) is 11.3. The van der Waals surface area contributed by atoms with E-state index in [2.05, 4.69) is 27.3 Å². The molecule has 1 amide bonds. The lowest BCUT2D eigenvalue weighted by Gasteiger charge is -2.32. The van der Waals surface area contributed by atoms with Gasteiger partial charge in [0.15, 0.2) is 0 Å². The minimum atomic E-state index is -0.386. The summed E-state index contributed by atoms with van der Waals surface area (Å²) in [6, 6.07) is 10.3. The third kappa shape index (κ3) is 4.86. The molecule has 1 aromatic carbocycles. The molecule has 1 fully saturated rings. The van der Waals surface area contributed by atoms with Gasteiger partial charge in [-0.2, -0.15) is 0 Å². The molecule has 0 aliphatic carbocycles. The fourth-order valence-corrected chi connectivity index (χ4v) is 3.23. The Morgan fingerprint density at radius 2 is 2.26 bits per heavy atom. The van der Waals surface area contributed by atoms with Gasteiger partial charge in [0.2, 0.25) is 5.91 Å². The molecule has 0 radical (unpaired) electrons. The Hall–Kier alpha value is -1.76. The average molecular weight is 331 g/mol. The number of carbonyl (C=O) groups is 1. The van der Waals surface area contributed by atoms with Crippen LogP contribution in [0.4, 0.5) is 0 Å². The van der Waals surface area contributed by atoms with Crippen LogP contribution in [0.5, 0.6) is 0 Å². The van der Waals surface area contributed by atoms with Crippen molar-refractivity contribution >= 4 is 17.2 Å². The summed E-state index contributed by atoms with van der Waals surface area (Å²) in [5, 5.41) is 4.95. The molecule has 6 heteroatoms. The van der Waals surface area contributed by atoms with Crippen molar-refractivity contribution in [1.82, 2.24) is 15.2 Å². The zero-order valence-corrected chi connectivity index (χ0v) is 13.8. The number of benzene rings is 1. The Morgan fingerprint density at radius 1 is 1.39 bits per heavy atom. The van der Waals surface area contributed by atoms with E-state index in [0.29, 0.717) is 19.7 Å². The number of morpholine rings is 1. The Kier molecular flexibility index (Phi) is 5.74. The van der Waals surface area contributed by atoms with E-state index in [9.17, 15) is 4.79 Å². The summed E-state index contributed by atoms with van der Waals surface area (Å²) in [7, 11) is 0. The van der Waals surface area contributed by atoms with Crippen LogP contribution in [0, 0.1) is 0 Å². The largest absolute Gasteiger partial charge is 0.366 e. The molecule has 1 atom stereocenters. The van der Waals surface area contributed by atoms with Crippen molar-refractivity contribution in [3.05, 3.63) is 52.5 Å². The predicted octanol–water partition coefficient (Wildman–Crippen LogP) is 1.70. The van der Waals surface area contributed by atoms with E-state index in [1.807, 2.05) is 29.1 Å². The average Bonchev–Trinajstić information content (AvgIpc) is 3.09. The summed E-state index contributed by atoms with van der Waals surface area (Å²) in [5.74, 6) is -0.0296. The molecule has 2 heterocycles. The number of hydrogen-bond acceptors (Lipinski definition) is 5. The number of nitrogens with one attached hydrogen (secondary N) is 1. The van der Waals surface area contributed by atoms with E-state index < -0.39 is 0 Å². The van der Waals surface area contributed by atoms with Gasteiger partial charge in [0, 0.05) is 38.0 Å². The quantitative estimate of drug-likeness (QED) is 0.875. The normalized spacial score (nSPS) is 18.7. The van der Waals surface area contributed by atoms with Crippen molar-refractivity contribution in [1.29, 1.82) is 0 Å². The summed E-state index contributed by atoms with van der Waals surface area (Å²) in [6.45, 7) is 3.54. The maximum atomic E-state index is 12.2. The van der Waals surface area contributed by atoms with Crippen LogP contribution in [0.15, 0.2) is 41.2 Å². The zero-order valence-electron chi connectivity index (χ0n) is 13.0. The number of hydrogen-bond donors (Lipinski definition) is 1. The highest BCUT2D eigenvalue weighted by Crippen LogP contribution is 2.10. The van der Waals surface area contributed by atoms with Crippen LogP contribution in [0.2, 0.25) is 0 Å². The van der Waals surface area contributed by atoms with Gasteiger partial charge in [-0.1, -0.05) is 30.3 Å². The number of carbonyl (C=O) groups excluding carboxylic acids is 1. The Balaban J connectivity index is 1.44. The van der Waals surface area contributed by atoms with Crippen LogP contribution < -0.4 is 5.32 Å². The minimum absolute atomic E-state index is 0.0296. The van der Waals surface area contributed by atoms with E-state index in [4.69, 9.17) is 4.74 Å². The van der Waals surface area contributed by atoms with Gasteiger partial charge in [-0.25, -0.2) is 4.98 Å². The van der Waals surface area contributed by atoms with Gasteiger partial charge < -0.3 is 10.1 Å². The SMILES string of the molecule is O=C(NCCc1cscn1)C1CN(Cc2ccccc2)CCO1. The van der Waals surface area contributed by atoms with E-state index in [1.165, 1.54) is 5.56 Å². The molecule has 23 heavy (non-hydrogen) atoms. The van der Waals surface area contributed by atoms with Gasteiger partial charge in [-0.15, -0.1) is 11.3 Å². The van der Waals surface area contributed by atoms with Gasteiger partial charge in [0.1, 0.15) is 6.10 Å². The molecular formula is C17H21N3O2S. The highest BCUT2D eigenvalue weighted by molar-refractivity contribution is 7.07. The maximum absolute atomic E-state index is 12.2. The minimum Gasteiger partial charge on any atom is -0.366 e. The molecule has 5 nitrogen and oxygen atoms in total. The molecule has 1 saturated heterocycles. The number of nitrogens with zero attached hydrogens (tertiary/aromatic N) is 2. The third-order valence-corrected chi connectivity index (χ3v) is 4.49. The van der Waals surface area contributed by atoms with E-state index in [-0.39, 0.29) is 12.0 Å². The smallest absolute Gasteiger partial charge is 0.250 e. The van der Waals surface area contributed by atoms with Crippen molar-refractivity contribution < 1.29 is 9.53 Å². The van der Waals surface area contributed by atoms with Gasteiger partial charge in [0.25, 0.3) is 0 Å². The fraction of sp³-hybridized carbons (Fsp3) is 0.412.